The van der Waals surface area contributed by atoms with Gasteiger partial charge in [0, 0.05) is 35.9 Å². The smallest absolute Gasteiger partial charge is 0.406 e. The van der Waals surface area contributed by atoms with Crippen LogP contribution >= 0.6 is 23.2 Å². The lowest BCUT2D eigenvalue weighted by molar-refractivity contribution is -0.274. The first-order valence-electron chi connectivity index (χ1n) is 8.22. The molecule has 2 aromatic carbocycles. The van der Waals surface area contributed by atoms with Crippen molar-refractivity contribution in [1.82, 2.24) is 0 Å². The number of aliphatic hydroxyl groups is 1. The number of ether oxygens (including phenoxy) is 1. The molecule has 28 heavy (non-hydrogen) atoms. The number of ketones is 1. The number of hydrogen-bond acceptors (Lipinski definition) is 3. The van der Waals surface area contributed by atoms with Crippen LogP contribution in [-0.4, -0.2) is 23.9 Å². The molecule has 2 aromatic rings. The highest BCUT2D eigenvalue weighted by Gasteiger charge is 2.31. The van der Waals surface area contributed by atoms with Crippen molar-refractivity contribution in [3.8, 4) is 5.75 Å². The van der Waals surface area contributed by atoms with Gasteiger partial charge in [0.15, 0.2) is 0 Å². The third kappa shape index (κ3) is 6.65. The average molecular weight is 439 g/mol. The van der Waals surface area contributed by atoms with Gasteiger partial charge >= 0.3 is 6.36 Å². The summed E-state index contributed by atoms with van der Waals surface area (Å²) in [4.78, 5) is 11.8. The topological polar surface area (TPSA) is 46.5 Å². The minimum Gasteiger partial charge on any atom is -0.406 e. The van der Waals surface area contributed by atoms with Crippen LogP contribution in [0.25, 0.3) is 0 Å². The zero-order valence-electron chi connectivity index (χ0n) is 14.5. The van der Waals surface area contributed by atoms with Crippen molar-refractivity contribution in [2.45, 2.75) is 32.0 Å². The van der Waals surface area contributed by atoms with E-state index in [1.807, 2.05) is 0 Å². The zero-order valence-corrected chi connectivity index (χ0v) is 16.0. The fourth-order valence-corrected chi connectivity index (χ4v) is 3.20. The first-order chi connectivity index (χ1) is 13.1. The van der Waals surface area contributed by atoms with Crippen LogP contribution in [0.3, 0.4) is 0 Å². The Balaban J connectivity index is 2.21. The number of hydrogen-bond donors (Lipinski definition) is 1. The number of benzene rings is 2. The Morgan fingerprint density at radius 1 is 1.11 bits per heavy atom. The summed E-state index contributed by atoms with van der Waals surface area (Å²) in [5.41, 5.74) is 1.12. The molecule has 3 nitrogen and oxygen atoms in total. The monoisotopic (exact) mass is 438 g/mol. The summed E-state index contributed by atoms with van der Waals surface area (Å²) in [6.07, 6.45) is -4.43. The van der Waals surface area contributed by atoms with E-state index in [2.05, 4.69) is 4.74 Å². The molecular weight excluding hydrogens is 423 g/mol. The Bertz CT molecular complexity index is 831. The van der Waals surface area contributed by atoms with Gasteiger partial charge in [-0.2, -0.15) is 0 Å². The standard InChI is InChI=1S/C19H16Cl2F4O3/c20-16-9-14(28-19(23,24)25)10-17(21)15(16)7-11-3-4-18(22)12(6-11)8-13(27)2-1-5-26/h3-4,6,9-10,26H,1-2,5,7-8H2. The zero-order chi connectivity index (χ0) is 20.9. The fraction of sp³-hybridized carbons (Fsp3) is 0.316. The normalized spacial score (nSPS) is 11.5. The number of halogens is 6. The molecule has 0 saturated heterocycles. The van der Waals surface area contributed by atoms with Crippen LogP contribution in [0, 0.1) is 5.82 Å². The fourth-order valence-electron chi connectivity index (χ4n) is 2.60. The molecule has 0 heterocycles. The molecule has 1 N–H and O–H groups in total. The highest BCUT2D eigenvalue weighted by Crippen LogP contribution is 2.34. The van der Waals surface area contributed by atoms with Gasteiger partial charge in [-0.05, 0) is 41.3 Å². The van der Waals surface area contributed by atoms with Crippen LogP contribution in [0.4, 0.5) is 17.6 Å². The first kappa shape index (κ1) is 22.5. The third-order valence-electron chi connectivity index (χ3n) is 3.84. The van der Waals surface area contributed by atoms with Gasteiger partial charge in [0.1, 0.15) is 17.3 Å². The van der Waals surface area contributed by atoms with Crippen molar-refractivity contribution in [3.05, 3.63) is 62.9 Å². The van der Waals surface area contributed by atoms with E-state index < -0.39 is 17.9 Å². The molecule has 0 atom stereocenters. The van der Waals surface area contributed by atoms with Crippen molar-refractivity contribution in [1.29, 1.82) is 0 Å². The molecule has 0 aliphatic heterocycles. The lowest BCUT2D eigenvalue weighted by atomic mass is 9.99. The number of rotatable bonds is 8. The highest BCUT2D eigenvalue weighted by atomic mass is 35.5. The van der Waals surface area contributed by atoms with E-state index in [9.17, 15) is 22.4 Å². The van der Waals surface area contributed by atoms with E-state index in [4.69, 9.17) is 28.3 Å². The van der Waals surface area contributed by atoms with E-state index in [-0.39, 0.29) is 47.3 Å². The maximum atomic E-state index is 14.0. The van der Waals surface area contributed by atoms with Crippen molar-refractivity contribution in [3.63, 3.8) is 0 Å². The van der Waals surface area contributed by atoms with Crippen molar-refractivity contribution in [2.24, 2.45) is 0 Å². The molecule has 0 aliphatic rings. The Morgan fingerprint density at radius 3 is 2.32 bits per heavy atom. The van der Waals surface area contributed by atoms with Gasteiger partial charge in [0.25, 0.3) is 0 Å². The molecule has 152 valence electrons. The van der Waals surface area contributed by atoms with Gasteiger partial charge in [-0.1, -0.05) is 35.3 Å². The van der Waals surface area contributed by atoms with E-state index in [0.717, 1.165) is 12.1 Å². The summed E-state index contributed by atoms with van der Waals surface area (Å²) < 4.78 is 54.8. The Kier molecular flexibility index (Phi) is 7.69. The summed E-state index contributed by atoms with van der Waals surface area (Å²) in [6.45, 7) is -0.126. The quantitative estimate of drug-likeness (QED) is 0.553. The number of carbonyl (C=O) groups is 1. The SMILES string of the molecule is O=C(CCCO)Cc1cc(Cc2c(Cl)cc(OC(F)(F)F)cc2Cl)ccc1F. The van der Waals surface area contributed by atoms with E-state index in [1.54, 1.807) is 0 Å². The maximum Gasteiger partial charge on any atom is 0.573 e. The summed E-state index contributed by atoms with van der Waals surface area (Å²) in [6, 6.07) is 6.16. The number of carbonyl (C=O) groups excluding carboxylic acids is 1. The summed E-state index contributed by atoms with van der Waals surface area (Å²) in [5.74, 6) is -1.30. The Hall–Kier alpha value is -1.83. The summed E-state index contributed by atoms with van der Waals surface area (Å²) in [5, 5.41) is 8.69. The second-order valence-corrected chi connectivity index (χ2v) is 6.87. The number of alkyl halides is 3. The third-order valence-corrected chi connectivity index (χ3v) is 4.51. The lowest BCUT2D eigenvalue weighted by Gasteiger charge is -2.13. The second kappa shape index (κ2) is 9.58. The van der Waals surface area contributed by atoms with Crippen LogP contribution < -0.4 is 4.74 Å². The minimum absolute atomic E-state index is 0.0309. The second-order valence-electron chi connectivity index (χ2n) is 6.06. The number of Topliss-reactive ketones (excluding diaryl/α,β-unsaturated/α-hetero) is 1. The van der Waals surface area contributed by atoms with E-state index in [0.29, 0.717) is 17.5 Å². The molecule has 9 heteroatoms. The molecule has 0 fully saturated rings. The van der Waals surface area contributed by atoms with Crippen LogP contribution in [-0.2, 0) is 17.6 Å². The largest absolute Gasteiger partial charge is 0.573 e. The molecule has 0 aliphatic carbocycles. The van der Waals surface area contributed by atoms with Gasteiger partial charge in [-0.3, -0.25) is 4.79 Å². The van der Waals surface area contributed by atoms with Gasteiger partial charge in [0.2, 0.25) is 0 Å². The highest BCUT2D eigenvalue weighted by molar-refractivity contribution is 6.36. The molecule has 0 spiro atoms. The predicted molar refractivity (Wildman–Crippen MR) is 97.4 cm³/mol. The maximum absolute atomic E-state index is 14.0. The Morgan fingerprint density at radius 2 is 1.75 bits per heavy atom. The first-order valence-corrected chi connectivity index (χ1v) is 8.98. The van der Waals surface area contributed by atoms with Crippen molar-refractivity contribution < 1.29 is 32.2 Å². The van der Waals surface area contributed by atoms with Gasteiger partial charge < -0.3 is 9.84 Å². The van der Waals surface area contributed by atoms with Crippen LogP contribution in [0.15, 0.2) is 30.3 Å². The lowest BCUT2D eigenvalue weighted by Crippen LogP contribution is -2.17. The van der Waals surface area contributed by atoms with Gasteiger partial charge in [0.05, 0.1) is 0 Å². The van der Waals surface area contributed by atoms with Crippen LogP contribution in [0.1, 0.15) is 29.5 Å². The summed E-state index contributed by atoms with van der Waals surface area (Å²) >= 11 is 12.1. The van der Waals surface area contributed by atoms with Crippen LogP contribution in [0.5, 0.6) is 5.75 Å². The van der Waals surface area contributed by atoms with Gasteiger partial charge in [-0.15, -0.1) is 13.2 Å². The summed E-state index contributed by atoms with van der Waals surface area (Å²) in [7, 11) is 0. The molecule has 0 aromatic heterocycles. The number of aliphatic hydroxyl groups excluding tert-OH is 1. The predicted octanol–water partition coefficient (Wildman–Crippen LogP) is 5.51. The minimum atomic E-state index is -4.87. The average Bonchev–Trinajstić information content (AvgIpc) is 2.57. The van der Waals surface area contributed by atoms with Crippen molar-refractivity contribution in [2.75, 3.05) is 6.61 Å². The van der Waals surface area contributed by atoms with E-state index >= 15 is 0 Å². The van der Waals surface area contributed by atoms with Gasteiger partial charge in [-0.25, -0.2) is 4.39 Å². The van der Waals surface area contributed by atoms with Crippen molar-refractivity contribution >= 4 is 29.0 Å². The Labute approximate surface area is 168 Å². The molecule has 0 radical (unpaired) electrons. The molecule has 2 rings (SSSR count). The molecular formula is C19H16Cl2F4O3. The van der Waals surface area contributed by atoms with E-state index in [1.165, 1.54) is 18.2 Å². The molecule has 0 amide bonds. The molecule has 0 bridgehead atoms. The van der Waals surface area contributed by atoms with Crippen LogP contribution in [0.2, 0.25) is 10.0 Å². The molecule has 0 unspecified atom stereocenters. The molecule has 0 saturated carbocycles.